The van der Waals surface area contributed by atoms with Gasteiger partial charge in [-0.3, -0.25) is 9.69 Å². The van der Waals surface area contributed by atoms with Crippen molar-refractivity contribution in [2.24, 2.45) is 5.92 Å². The zero-order valence-electron chi connectivity index (χ0n) is 13.3. The molecule has 1 aromatic carbocycles. The van der Waals surface area contributed by atoms with Gasteiger partial charge in [-0.15, -0.1) is 0 Å². The first-order valence-corrected chi connectivity index (χ1v) is 8.35. The number of hydrogen-bond donors (Lipinski definition) is 2. The summed E-state index contributed by atoms with van der Waals surface area (Å²) >= 11 is 6.25. The number of thiocarbonyl (C=S) groups is 1. The maximum absolute atomic E-state index is 12.6. The predicted octanol–water partition coefficient (Wildman–Crippen LogP) is 2.71. The van der Waals surface area contributed by atoms with E-state index in [-0.39, 0.29) is 21.7 Å². The van der Waals surface area contributed by atoms with Crippen molar-refractivity contribution in [2.75, 3.05) is 7.11 Å². The van der Waals surface area contributed by atoms with Crippen molar-refractivity contribution >= 4 is 46.3 Å². The molecule has 1 amide bonds. The van der Waals surface area contributed by atoms with E-state index in [1.54, 1.807) is 32.1 Å². The number of carboxylic acids is 1. The van der Waals surface area contributed by atoms with Gasteiger partial charge in [0.2, 0.25) is 0 Å². The Balaban J connectivity index is 2.36. The molecule has 1 atom stereocenters. The van der Waals surface area contributed by atoms with E-state index >= 15 is 0 Å². The highest BCUT2D eigenvalue weighted by atomic mass is 32.2. The number of rotatable bonds is 5. The summed E-state index contributed by atoms with van der Waals surface area (Å²) in [6.07, 6.45) is 1.60. The van der Waals surface area contributed by atoms with Crippen LogP contribution >= 0.6 is 24.0 Å². The normalized spacial score (nSPS) is 17.7. The number of benzene rings is 1. The predicted molar refractivity (Wildman–Crippen MR) is 95.9 cm³/mol. The first kappa shape index (κ1) is 18.3. The summed E-state index contributed by atoms with van der Waals surface area (Å²) in [4.78, 5) is 25.6. The Labute approximate surface area is 149 Å². The summed E-state index contributed by atoms with van der Waals surface area (Å²) in [7, 11) is 1.43. The van der Waals surface area contributed by atoms with Crippen molar-refractivity contribution in [3.63, 3.8) is 0 Å². The van der Waals surface area contributed by atoms with Crippen molar-refractivity contribution in [3.05, 3.63) is 28.7 Å². The number of aliphatic carboxylic acids is 1. The number of aromatic hydroxyl groups is 1. The van der Waals surface area contributed by atoms with Gasteiger partial charge in [-0.05, 0) is 29.7 Å². The van der Waals surface area contributed by atoms with E-state index < -0.39 is 17.9 Å². The molecule has 0 saturated carbocycles. The fraction of sp³-hybridized carbons (Fsp3) is 0.312. The number of ether oxygens (including phenoxy) is 1. The molecule has 1 aliphatic rings. The molecule has 1 aromatic rings. The maximum atomic E-state index is 12.6. The van der Waals surface area contributed by atoms with Crippen molar-refractivity contribution < 1.29 is 24.5 Å². The number of carbonyl (C=O) groups is 2. The molecule has 0 aromatic heterocycles. The quantitative estimate of drug-likeness (QED) is 0.611. The first-order valence-electron chi connectivity index (χ1n) is 7.13. The maximum Gasteiger partial charge on any atom is 0.327 e. The Morgan fingerprint density at radius 1 is 1.42 bits per heavy atom. The van der Waals surface area contributed by atoms with Gasteiger partial charge >= 0.3 is 5.97 Å². The fourth-order valence-corrected chi connectivity index (χ4v) is 3.68. The van der Waals surface area contributed by atoms with Gasteiger partial charge < -0.3 is 14.9 Å². The van der Waals surface area contributed by atoms with Gasteiger partial charge in [-0.25, -0.2) is 4.79 Å². The van der Waals surface area contributed by atoms with E-state index in [0.29, 0.717) is 10.5 Å². The van der Waals surface area contributed by atoms with Crippen LogP contribution in [-0.4, -0.2) is 44.5 Å². The van der Waals surface area contributed by atoms with Crippen LogP contribution in [0.1, 0.15) is 19.4 Å². The minimum Gasteiger partial charge on any atom is -0.504 e. The number of methoxy groups -OCH3 is 1. The molecule has 1 heterocycles. The number of nitrogens with zero attached hydrogens (tertiary/aromatic N) is 1. The van der Waals surface area contributed by atoms with Crippen LogP contribution in [0.15, 0.2) is 23.1 Å². The Bertz CT molecular complexity index is 729. The zero-order chi connectivity index (χ0) is 18.0. The molecule has 6 nitrogen and oxygen atoms in total. The molecule has 2 N–H and O–H groups in total. The molecule has 0 bridgehead atoms. The summed E-state index contributed by atoms with van der Waals surface area (Å²) < 4.78 is 5.26. The Hall–Kier alpha value is -2.06. The van der Waals surface area contributed by atoms with E-state index in [4.69, 9.17) is 17.0 Å². The van der Waals surface area contributed by atoms with Crippen LogP contribution in [0.4, 0.5) is 0 Å². The number of carboxylic acid groups (broad SMARTS) is 1. The largest absolute Gasteiger partial charge is 0.504 e. The van der Waals surface area contributed by atoms with E-state index in [2.05, 4.69) is 0 Å². The minimum absolute atomic E-state index is 0.00653. The Kier molecular flexibility index (Phi) is 5.51. The lowest BCUT2D eigenvalue weighted by Gasteiger charge is -2.26. The Morgan fingerprint density at radius 2 is 2.08 bits per heavy atom. The lowest BCUT2D eigenvalue weighted by molar-refractivity contribution is -0.146. The molecule has 8 heteroatoms. The fourth-order valence-electron chi connectivity index (χ4n) is 2.35. The summed E-state index contributed by atoms with van der Waals surface area (Å²) in [5, 5.41) is 19.0. The molecule has 0 spiro atoms. The molecule has 1 fully saturated rings. The molecular formula is C16H17NO5S2. The third kappa shape index (κ3) is 3.54. The van der Waals surface area contributed by atoms with Crippen LogP contribution in [0.3, 0.4) is 0 Å². The molecule has 1 unspecified atom stereocenters. The number of thioether (sulfide) groups is 1. The van der Waals surface area contributed by atoms with Gasteiger partial charge in [0.25, 0.3) is 5.91 Å². The van der Waals surface area contributed by atoms with Gasteiger partial charge in [0.1, 0.15) is 10.4 Å². The number of hydrogen-bond acceptors (Lipinski definition) is 6. The third-order valence-electron chi connectivity index (χ3n) is 3.49. The van der Waals surface area contributed by atoms with E-state index in [9.17, 15) is 19.8 Å². The highest BCUT2D eigenvalue weighted by Gasteiger charge is 2.41. The van der Waals surface area contributed by atoms with Gasteiger partial charge in [-0.2, -0.15) is 0 Å². The van der Waals surface area contributed by atoms with Crippen LogP contribution in [0.25, 0.3) is 6.08 Å². The smallest absolute Gasteiger partial charge is 0.327 e. The van der Waals surface area contributed by atoms with E-state index in [1.807, 2.05) is 0 Å². The van der Waals surface area contributed by atoms with Crippen LogP contribution in [-0.2, 0) is 9.59 Å². The van der Waals surface area contributed by atoms with Crippen molar-refractivity contribution in [1.82, 2.24) is 4.90 Å². The van der Waals surface area contributed by atoms with Gasteiger partial charge in [0, 0.05) is 0 Å². The molecule has 1 aliphatic heterocycles. The van der Waals surface area contributed by atoms with Gasteiger partial charge in [0.05, 0.1) is 12.0 Å². The molecule has 128 valence electrons. The lowest BCUT2D eigenvalue weighted by atomic mass is 10.0. The van der Waals surface area contributed by atoms with E-state index in [1.165, 1.54) is 13.2 Å². The minimum atomic E-state index is -1.09. The second-order valence-electron chi connectivity index (χ2n) is 5.51. The standard InChI is InChI=1S/C16H17NO5S2/c1-8(2)13(15(20)21)17-14(19)12(24-16(17)23)7-9-4-5-10(18)11(6-9)22-3/h4-8,13,18H,1-3H3,(H,20,21)/b12-7-. The molecule has 2 rings (SSSR count). The van der Waals surface area contributed by atoms with Crippen LogP contribution in [0, 0.1) is 5.92 Å². The van der Waals surface area contributed by atoms with Crippen LogP contribution < -0.4 is 4.74 Å². The van der Waals surface area contributed by atoms with Crippen LogP contribution in [0.5, 0.6) is 11.5 Å². The summed E-state index contributed by atoms with van der Waals surface area (Å²) in [6, 6.07) is 3.66. The topological polar surface area (TPSA) is 87.1 Å². The number of phenols is 1. The van der Waals surface area contributed by atoms with E-state index in [0.717, 1.165) is 16.7 Å². The molecule has 0 radical (unpaired) electrons. The van der Waals surface area contributed by atoms with Crippen molar-refractivity contribution in [2.45, 2.75) is 19.9 Å². The monoisotopic (exact) mass is 367 g/mol. The summed E-state index contributed by atoms with van der Waals surface area (Å²) in [5.74, 6) is -1.53. The van der Waals surface area contributed by atoms with Gasteiger partial charge in [0.15, 0.2) is 11.5 Å². The third-order valence-corrected chi connectivity index (χ3v) is 4.82. The van der Waals surface area contributed by atoms with Crippen molar-refractivity contribution in [1.29, 1.82) is 0 Å². The highest BCUT2D eigenvalue weighted by molar-refractivity contribution is 8.26. The SMILES string of the molecule is COc1cc(/C=C2\SC(=S)N(C(C(=O)O)C(C)C)C2=O)ccc1O. The van der Waals surface area contributed by atoms with Gasteiger partial charge in [-0.1, -0.05) is 43.9 Å². The van der Waals surface area contributed by atoms with Crippen molar-refractivity contribution in [3.8, 4) is 11.5 Å². The summed E-state index contributed by atoms with van der Waals surface area (Å²) in [5.41, 5.74) is 0.640. The number of phenolic OH excluding ortho intramolecular Hbond substituents is 1. The molecular weight excluding hydrogens is 350 g/mol. The zero-order valence-corrected chi connectivity index (χ0v) is 15.0. The average molecular weight is 367 g/mol. The second-order valence-corrected chi connectivity index (χ2v) is 7.19. The number of amides is 1. The molecule has 0 aliphatic carbocycles. The Morgan fingerprint density at radius 3 is 2.62 bits per heavy atom. The first-order chi connectivity index (χ1) is 11.3. The molecule has 24 heavy (non-hydrogen) atoms. The summed E-state index contributed by atoms with van der Waals surface area (Å²) in [6.45, 7) is 3.46. The average Bonchev–Trinajstić information content (AvgIpc) is 2.76. The molecule has 1 saturated heterocycles. The van der Waals surface area contributed by atoms with Crippen LogP contribution in [0.2, 0.25) is 0 Å². The number of carbonyl (C=O) groups excluding carboxylic acids is 1. The highest BCUT2D eigenvalue weighted by Crippen LogP contribution is 2.36. The lowest BCUT2D eigenvalue weighted by Crippen LogP contribution is -2.47. The second kappa shape index (κ2) is 7.23.